The maximum atomic E-state index is 12.1. The summed E-state index contributed by atoms with van der Waals surface area (Å²) < 4.78 is 10.5. The first-order chi connectivity index (χ1) is 10.0. The highest BCUT2D eigenvalue weighted by molar-refractivity contribution is 6.40. The summed E-state index contributed by atoms with van der Waals surface area (Å²) in [6.45, 7) is 7.53. The number of halogens is 2. The van der Waals surface area contributed by atoms with E-state index < -0.39 is 5.91 Å². The number of benzene rings is 1. The van der Waals surface area contributed by atoms with Gasteiger partial charge in [-0.05, 0) is 23.8 Å². The number of nitrogens with one attached hydrogen (secondary N) is 1. The number of carbonyl (C=O) groups excluding carboxylic acids is 1. The van der Waals surface area contributed by atoms with E-state index in [1.807, 2.05) is 6.07 Å². The van der Waals surface area contributed by atoms with Gasteiger partial charge in [-0.2, -0.15) is 0 Å². The Morgan fingerprint density at radius 1 is 1.33 bits per heavy atom. The SMILES string of the molecule is C=C/C(Cl)=C(\C(=C)Cl)C(=O)NCc1ccc2c(c1)OCO2. The third-order valence-electron chi connectivity index (χ3n) is 2.81. The fourth-order valence-corrected chi connectivity index (χ4v) is 2.22. The molecule has 1 heterocycles. The summed E-state index contributed by atoms with van der Waals surface area (Å²) in [6.07, 6.45) is 1.34. The lowest BCUT2D eigenvalue weighted by Gasteiger charge is -2.09. The molecule has 1 N–H and O–H groups in total. The van der Waals surface area contributed by atoms with Crippen LogP contribution in [0.2, 0.25) is 0 Å². The third kappa shape index (κ3) is 3.60. The Bertz CT molecular complexity index is 638. The molecule has 21 heavy (non-hydrogen) atoms. The molecule has 1 aromatic carbocycles. The second-order valence-electron chi connectivity index (χ2n) is 4.20. The summed E-state index contributed by atoms with van der Waals surface area (Å²) in [7, 11) is 0. The van der Waals surface area contributed by atoms with E-state index >= 15 is 0 Å². The van der Waals surface area contributed by atoms with Crippen molar-refractivity contribution in [1.29, 1.82) is 0 Å². The zero-order valence-corrected chi connectivity index (χ0v) is 12.6. The quantitative estimate of drug-likeness (QED) is 0.666. The number of carbonyl (C=O) groups is 1. The molecule has 1 aliphatic rings. The van der Waals surface area contributed by atoms with E-state index in [1.165, 1.54) is 6.08 Å². The van der Waals surface area contributed by atoms with Crippen molar-refractivity contribution in [2.24, 2.45) is 0 Å². The highest BCUT2D eigenvalue weighted by atomic mass is 35.5. The first-order valence-corrected chi connectivity index (χ1v) is 6.82. The van der Waals surface area contributed by atoms with Gasteiger partial charge in [-0.1, -0.05) is 42.4 Å². The van der Waals surface area contributed by atoms with Crippen LogP contribution in [0, 0.1) is 0 Å². The van der Waals surface area contributed by atoms with Gasteiger partial charge in [0, 0.05) is 11.6 Å². The van der Waals surface area contributed by atoms with Gasteiger partial charge in [-0.15, -0.1) is 0 Å². The van der Waals surface area contributed by atoms with Crippen LogP contribution >= 0.6 is 23.2 Å². The lowest BCUT2D eigenvalue weighted by atomic mass is 10.1. The van der Waals surface area contributed by atoms with E-state index in [4.69, 9.17) is 32.7 Å². The predicted octanol–water partition coefficient (Wildman–Crippen LogP) is 3.46. The van der Waals surface area contributed by atoms with E-state index in [0.29, 0.717) is 18.0 Å². The zero-order valence-electron chi connectivity index (χ0n) is 11.1. The molecule has 0 radical (unpaired) electrons. The van der Waals surface area contributed by atoms with Gasteiger partial charge >= 0.3 is 0 Å². The van der Waals surface area contributed by atoms with Gasteiger partial charge in [0.2, 0.25) is 6.79 Å². The fourth-order valence-electron chi connectivity index (χ4n) is 1.78. The van der Waals surface area contributed by atoms with E-state index in [9.17, 15) is 4.79 Å². The van der Waals surface area contributed by atoms with E-state index in [2.05, 4.69) is 18.5 Å². The van der Waals surface area contributed by atoms with Gasteiger partial charge in [-0.25, -0.2) is 0 Å². The summed E-state index contributed by atoms with van der Waals surface area (Å²) in [5.74, 6) is 0.926. The Labute approximate surface area is 132 Å². The van der Waals surface area contributed by atoms with Crippen molar-refractivity contribution in [3.05, 3.63) is 58.6 Å². The van der Waals surface area contributed by atoms with Gasteiger partial charge < -0.3 is 14.8 Å². The molecule has 0 saturated carbocycles. The Kier molecular flexibility index (Phi) is 4.94. The van der Waals surface area contributed by atoms with Crippen LogP contribution in [0.25, 0.3) is 0 Å². The summed E-state index contributed by atoms with van der Waals surface area (Å²) in [6, 6.07) is 5.43. The van der Waals surface area contributed by atoms with Crippen molar-refractivity contribution in [2.45, 2.75) is 6.54 Å². The van der Waals surface area contributed by atoms with E-state index in [-0.39, 0.29) is 22.4 Å². The zero-order chi connectivity index (χ0) is 15.4. The van der Waals surface area contributed by atoms with Gasteiger partial charge in [-0.3, -0.25) is 4.79 Å². The first kappa shape index (κ1) is 15.5. The highest BCUT2D eigenvalue weighted by Crippen LogP contribution is 2.32. The second-order valence-corrected chi connectivity index (χ2v) is 5.07. The van der Waals surface area contributed by atoms with Crippen molar-refractivity contribution in [3.8, 4) is 11.5 Å². The van der Waals surface area contributed by atoms with Crippen LogP contribution in [0.5, 0.6) is 11.5 Å². The van der Waals surface area contributed by atoms with Crippen molar-refractivity contribution in [1.82, 2.24) is 5.32 Å². The summed E-state index contributed by atoms with van der Waals surface area (Å²) >= 11 is 11.7. The number of amides is 1. The van der Waals surface area contributed by atoms with Crippen LogP contribution in [0.4, 0.5) is 0 Å². The standard InChI is InChI=1S/C15H13Cl2NO3/c1-3-11(17)14(9(2)16)15(19)18-7-10-4-5-12-13(6-10)21-8-20-12/h3-6H,1-2,7-8H2,(H,18,19)/b14-11-. The summed E-state index contributed by atoms with van der Waals surface area (Å²) in [5, 5.41) is 2.93. The molecule has 0 fully saturated rings. The normalized spacial score (nSPS) is 13.4. The molecule has 0 saturated heterocycles. The van der Waals surface area contributed by atoms with Crippen LogP contribution in [0.15, 0.2) is 53.1 Å². The van der Waals surface area contributed by atoms with Crippen molar-refractivity contribution >= 4 is 29.1 Å². The molecular weight excluding hydrogens is 313 g/mol. The number of fused-ring (bicyclic) bond motifs is 1. The number of rotatable bonds is 5. The average molecular weight is 326 g/mol. The van der Waals surface area contributed by atoms with Crippen molar-refractivity contribution in [3.63, 3.8) is 0 Å². The number of allylic oxidation sites excluding steroid dienone is 2. The number of hydrogen-bond acceptors (Lipinski definition) is 3. The molecule has 4 nitrogen and oxygen atoms in total. The maximum Gasteiger partial charge on any atom is 0.254 e. The molecule has 0 aliphatic carbocycles. The van der Waals surface area contributed by atoms with Crippen LogP contribution in [-0.2, 0) is 11.3 Å². The molecule has 0 bridgehead atoms. The Hall–Kier alpha value is -1.91. The Morgan fingerprint density at radius 3 is 2.71 bits per heavy atom. The topological polar surface area (TPSA) is 47.6 Å². The van der Waals surface area contributed by atoms with Gasteiger partial charge in [0.05, 0.1) is 10.6 Å². The Morgan fingerprint density at radius 2 is 2.05 bits per heavy atom. The van der Waals surface area contributed by atoms with E-state index in [1.54, 1.807) is 12.1 Å². The molecule has 1 amide bonds. The minimum Gasteiger partial charge on any atom is -0.454 e. The molecule has 0 atom stereocenters. The molecular formula is C15H13Cl2NO3. The monoisotopic (exact) mass is 325 g/mol. The molecule has 6 heteroatoms. The van der Waals surface area contributed by atoms with Crippen LogP contribution < -0.4 is 14.8 Å². The lowest BCUT2D eigenvalue weighted by Crippen LogP contribution is -2.25. The molecule has 0 aromatic heterocycles. The van der Waals surface area contributed by atoms with Gasteiger partial charge in [0.1, 0.15) is 0 Å². The summed E-state index contributed by atoms with van der Waals surface area (Å²) in [5.41, 5.74) is 0.968. The van der Waals surface area contributed by atoms with Crippen LogP contribution in [-0.4, -0.2) is 12.7 Å². The lowest BCUT2D eigenvalue weighted by molar-refractivity contribution is -0.117. The summed E-state index contributed by atoms with van der Waals surface area (Å²) in [4.78, 5) is 12.1. The molecule has 2 rings (SSSR count). The van der Waals surface area contributed by atoms with Crippen LogP contribution in [0.3, 0.4) is 0 Å². The first-order valence-electron chi connectivity index (χ1n) is 6.06. The largest absolute Gasteiger partial charge is 0.454 e. The highest BCUT2D eigenvalue weighted by Gasteiger charge is 2.16. The minimum absolute atomic E-state index is 0.0584. The maximum absolute atomic E-state index is 12.1. The smallest absolute Gasteiger partial charge is 0.254 e. The number of ether oxygens (including phenoxy) is 2. The van der Waals surface area contributed by atoms with Gasteiger partial charge in [0.15, 0.2) is 11.5 Å². The van der Waals surface area contributed by atoms with Crippen LogP contribution in [0.1, 0.15) is 5.56 Å². The van der Waals surface area contributed by atoms with E-state index in [0.717, 1.165) is 5.56 Å². The fraction of sp³-hybridized carbons (Fsp3) is 0.133. The molecule has 0 unspecified atom stereocenters. The average Bonchev–Trinajstić information content (AvgIpc) is 2.92. The minimum atomic E-state index is -0.419. The molecule has 1 aromatic rings. The molecule has 0 spiro atoms. The molecule has 1 aliphatic heterocycles. The third-order valence-corrected chi connectivity index (χ3v) is 3.34. The second kappa shape index (κ2) is 6.70. The molecule has 110 valence electrons. The predicted molar refractivity (Wildman–Crippen MR) is 82.5 cm³/mol. The van der Waals surface area contributed by atoms with Crippen molar-refractivity contribution in [2.75, 3.05) is 6.79 Å². The Balaban J connectivity index is 2.07. The van der Waals surface area contributed by atoms with Gasteiger partial charge in [0.25, 0.3) is 5.91 Å². The number of hydrogen-bond donors (Lipinski definition) is 1. The van der Waals surface area contributed by atoms with Crippen molar-refractivity contribution < 1.29 is 14.3 Å².